The molecule has 43 heavy (non-hydrogen) atoms. The first-order valence-electron chi connectivity index (χ1n) is 14.4. The number of rotatable bonds is 12. The van der Waals surface area contributed by atoms with E-state index in [1.807, 2.05) is 94.4 Å². The number of benzene rings is 4. The first-order chi connectivity index (χ1) is 20.6. The van der Waals surface area contributed by atoms with Gasteiger partial charge in [0, 0.05) is 19.0 Å². The van der Waals surface area contributed by atoms with Crippen LogP contribution in [-0.2, 0) is 32.6 Å². The average Bonchev–Trinajstić information content (AvgIpc) is 3.00. The quantitative estimate of drug-likeness (QED) is 0.228. The summed E-state index contributed by atoms with van der Waals surface area (Å²) in [5, 5.41) is 2.97. The predicted octanol–water partition coefficient (Wildman–Crippen LogP) is 5.66. The van der Waals surface area contributed by atoms with Crippen molar-refractivity contribution >= 4 is 27.5 Å². The van der Waals surface area contributed by atoms with Gasteiger partial charge in [-0.2, -0.15) is 0 Å². The number of sulfonamides is 1. The van der Waals surface area contributed by atoms with E-state index >= 15 is 0 Å². The molecular formula is C35H39N3O4S. The van der Waals surface area contributed by atoms with E-state index in [4.69, 9.17) is 0 Å². The van der Waals surface area contributed by atoms with Crippen LogP contribution in [0.2, 0.25) is 0 Å². The normalized spacial score (nSPS) is 12.0. The molecule has 4 aromatic rings. The van der Waals surface area contributed by atoms with E-state index in [1.165, 1.54) is 17.0 Å². The molecule has 1 N–H and O–H groups in total. The molecule has 4 rings (SSSR count). The predicted molar refractivity (Wildman–Crippen MR) is 171 cm³/mol. The molecule has 0 heterocycles. The summed E-state index contributed by atoms with van der Waals surface area (Å²) in [6.07, 6.45) is 0.271. The zero-order valence-corrected chi connectivity index (χ0v) is 25.9. The number of carbonyl (C=O) groups excluding carboxylic acids is 2. The summed E-state index contributed by atoms with van der Waals surface area (Å²) in [5.41, 5.74) is 4.00. The largest absolute Gasteiger partial charge is 0.352 e. The molecule has 0 aliphatic carbocycles. The number of hydrogen-bond acceptors (Lipinski definition) is 4. The number of anilines is 1. The minimum Gasteiger partial charge on any atom is -0.352 e. The molecule has 0 fully saturated rings. The third-order valence-corrected chi connectivity index (χ3v) is 9.07. The third kappa shape index (κ3) is 8.11. The maximum Gasteiger partial charge on any atom is 0.264 e. The van der Waals surface area contributed by atoms with Gasteiger partial charge in [-0.25, -0.2) is 8.42 Å². The fourth-order valence-corrected chi connectivity index (χ4v) is 6.27. The van der Waals surface area contributed by atoms with Crippen LogP contribution in [0.15, 0.2) is 114 Å². The van der Waals surface area contributed by atoms with Gasteiger partial charge >= 0.3 is 0 Å². The Kier molecular flexibility index (Phi) is 10.4. The minimum absolute atomic E-state index is 0.0778. The van der Waals surface area contributed by atoms with Crippen LogP contribution in [-0.4, -0.2) is 43.8 Å². The average molecular weight is 598 g/mol. The second-order valence-electron chi connectivity index (χ2n) is 11.0. The van der Waals surface area contributed by atoms with Gasteiger partial charge in [0.2, 0.25) is 11.8 Å². The Labute approximate surface area is 255 Å². The number of nitrogens with zero attached hydrogens (tertiary/aromatic N) is 2. The molecule has 0 aliphatic rings. The molecule has 0 saturated heterocycles. The Hall–Kier alpha value is -4.43. The van der Waals surface area contributed by atoms with Gasteiger partial charge in [0.25, 0.3) is 10.0 Å². The number of hydrogen-bond donors (Lipinski definition) is 1. The van der Waals surface area contributed by atoms with Crippen molar-refractivity contribution in [3.8, 4) is 0 Å². The van der Waals surface area contributed by atoms with E-state index in [0.29, 0.717) is 5.69 Å². The molecule has 7 nitrogen and oxygen atoms in total. The van der Waals surface area contributed by atoms with E-state index in [1.54, 1.807) is 30.3 Å². The summed E-state index contributed by atoms with van der Waals surface area (Å²) >= 11 is 0. The fourth-order valence-electron chi connectivity index (χ4n) is 4.84. The molecule has 0 aliphatic heterocycles. The van der Waals surface area contributed by atoms with Gasteiger partial charge in [-0.1, -0.05) is 84.9 Å². The number of aryl methyl sites for hydroxylation is 2. The van der Waals surface area contributed by atoms with Gasteiger partial charge in [0.05, 0.1) is 10.6 Å². The van der Waals surface area contributed by atoms with Crippen molar-refractivity contribution in [3.05, 3.63) is 131 Å². The molecule has 0 spiro atoms. The molecule has 0 aromatic heterocycles. The molecule has 1 atom stereocenters. The first-order valence-corrected chi connectivity index (χ1v) is 15.8. The Balaban J connectivity index is 1.80. The summed E-state index contributed by atoms with van der Waals surface area (Å²) in [4.78, 5) is 29.7. The monoisotopic (exact) mass is 597 g/mol. The Morgan fingerprint density at radius 2 is 1.30 bits per heavy atom. The smallest absolute Gasteiger partial charge is 0.264 e. The maximum absolute atomic E-state index is 14.4. The molecule has 224 valence electrons. The van der Waals surface area contributed by atoms with Crippen molar-refractivity contribution in [1.29, 1.82) is 0 Å². The summed E-state index contributed by atoms with van der Waals surface area (Å²) in [6, 6.07) is 31.3. The highest BCUT2D eigenvalue weighted by atomic mass is 32.2. The van der Waals surface area contributed by atoms with Crippen molar-refractivity contribution in [2.45, 2.75) is 57.6 Å². The van der Waals surface area contributed by atoms with Crippen LogP contribution in [0.4, 0.5) is 5.69 Å². The van der Waals surface area contributed by atoms with Crippen molar-refractivity contribution in [3.63, 3.8) is 0 Å². The second kappa shape index (κ2) is 14.2. The lowest BCUT2D eigenvalue weighted by Crippen LogP contribution is -2.54. The van der Waals surface area contributed by atoms with Gasteiger partial charge in [-0.15, -0.1) is 0 Å². The first kappa shape index (κ1) is 31.5. The zero-order chi connectivity index (χ0) is 31.0. The Bertz CT molecular complexity index is 1630. The van der Waals surface area contributed by atoms with Crippen LogP contribution in [0.25, 0.3) is 0 Å². The second-order valence-corrected chi connectivity index (χ2v) is 12.8. The highest BCUT2D eigenvalue weighted by Crippen LogP contribution is 2.27. The van der Waals surface area contributed by atoms with Crippen LogP contribution >= 0.6 is 0 Å². The number of carbonyl (C=O) groups is 2. The van der Waals surface area contributed by atoms with Crippen LogP contribution in [0.1, 0.15) is 36.1 Å². The van der Waals surface area contributed by atoms with Crippen LogP contribution in [0.5, 0.6) is 0 Å². The minimum atomic E-state index is -4.12. The van der Waals surface area contributed by atoms with Gasteiger partial charge in [0.15, 0.2) is 0 Å². The van der Waals surface area contributed by atoms with Gasteiger partial charge in [-0.3, -0.25) is 13.9 Å². The lowest BCUT2D eigenvalue weighted by Gasteiger charge is -2.34. The maximum atomic E-state index is 14.4. The molecule has 0 saturated carbocycles. The van der Waals surface area contributed by atoms with E-state index in [-0.39, 0.29) is 29.8 Å². The SMILES string of the molecule is Cc1ccc(N(CC(=O)N(Cc2ccccc2)[C@@H](Cc2ccccc2)C(=O)NC(C)C)S(=O)(=O)c2ccccc2)cc1C. The van der Waals surface area contributed by atoms with Crippen molar-refractivity contribution in [1.82, 2.24) is 10.2 Å². The van der Waals surface area contributed by atoms with Crippen LogP contribution < -0.4 is 9.62 Å². The third-order valence-electron chi connectivity index (χ3n) is 7.29. The van der Waals surface area contributed by atoms with Gasteiger partial charge < -0.3 is 10.2 Å². The van der Waals surface area contributed by atoms with Crippen LogP contribution in [0.3, 0.4) is 0 Å². The lowest BCUT2D eigenvalue weighted by atomic mass is 10.0. The van der Waals surface area contributed by atoms with Crippen LogP contribution in [0, 0.1) is 13.8 Å². The van der Waals surface area contributed by atoms with E-state index in [9.17, 15) is 18.0 Å². The Morgan fingerprint density at radius 3 is 1.86 bits per heavy atom. The van der Waals surface area contributed by atoms with Gasteiger partial charge in [-0.05, 0) is 74.2 Å². The summed E-state index contributed by atoms with van der Waals surface area (Å²) < 4.78 is 29.3. The van der Waals surface area contributed by atoms with Gasteiger partial charge in [0.1, 0.15) is 12.6 Å². The summed E-state index contributed by atoms with van der Waals surface area (Å²) in [5.74, 6) is -0.784. The molecule has 0 unspecified atom stereocenters. The molecule has 2 amide bonds. The number of nitrogens with one attached hydrogen (secondary N) is 1. The highest BCUT2D eigenvalue weighted by Gasteiger charge is 2.34. The molecule has 4 aromatic carbocycles. The Morgan fingerprint density at radius 1 is 0.744 bits per heavy atom. The lowest BCUT2D eigenvalue weighted by molar-refractivity contribution is -0.140. The zero-order valence-electron chi connectivity index (χ0n) is 25.1. The van der Waals surface area contributed by atoms with Crippen molar-refractivity contribution in [2.75, 3.05) is 10.8 Å². The molecule has 0 bridgehead atoms. The van der Waals surface area contributed by atoms with E-state index < -0.39 is 28.5 Å². The number of amides is 2. The fraction of sp³-hybridized carbons (Fsp3) is 0.257. The van der Waals surface area contributed by atoms with Crippen molar-refractivity contribution in [2.24, 2.45) is 0 Å². The highest BCUT2D eigenvalue weighted by molar-refractivity contribution is 7.92. The van der Waals surface area contributed by atoms with E-state index in [2.05, 4.69) is 5.32 Å². The molecular weight excluding hydrogens is 558 g/mol. The molecule has 8 heteroatoms. The standard InChI is InChI=1S/C35H39N3O4S/c1-26(2)36-35(40)33(23-29-14-8-5-9-15-29)37(24-30-16-10-6-11-17-30)34(39)25-38(31-21-20-27(3)28(4)22-31)43(41,42)32-18-12-7-13-19-32/h5-22,26,33H,23-25H2,1-4H3,(H,36,40)/t33-/m0/s1. The van der Waals surface area contributed by atoms with E-state index in [0.717, 1.165) is 26.6 Å². The molecule has 0 radical (unpaired) electrons. The summed E-state index contributed by atoms with van der Waals surface area (Å²) in [6.45, 7) is 7.25. The summed E-state index contributed by atoms with van der Waals surface area (Å²) in [7, 11) is -4.12. The van der Waals surface area contributed by atoms with Crippen molar-refractivity contribution < 1.29 is 18.0 Å². The topological polar surface area (TPSA) is 86.8 Å².